The molecule has 0 amide bonds. The molecule has 102 valence electrons. The third-order valence-corrected chi connectivity index (χ3v) is 4.18. The van der Waals surface area contributed by atoms with Crippen LogP contribution in [0.4, 0.5) is 0 Å². The first-order valence-electron chi connectivity index (χ1n) is 6.17. The Morgan fingerprint density at radius 2 is 2.26 bits per heavy atom. The van der Waals surface area contributed by atoms with Gasteiger partial charge in [0.15, 0.2) is 0 Å². The molecule has 5 N–H and O–H groups in total. The Hall–Kier alpha value is -1.63. The largest absolute Gasteiger partial charge is 0.388 e. The molecule has 1 heterocycles. The lowest BCUT2D eigenvalue weighted by Gasteiger charge is -2.23. The van der Waals surface area contributed by atoms with Crippen molar-refractivity contribution >= 4 is 27.8 Å². The lowest BCUT2D eigenvalue weighted by molar-refractivity contribution is 0.204. The summed E-state index contributed by atoms with van der Waals surface area (Å²) in [5.74, 6) is 5.96. The van der Waals surface area contributed by atoms with E-state index in [1.54, 1.807) is 11.3 Å². The maximum absolute atomic E-state index is 5.96. The standard InChI is InChI=1S/C13H19N5S/c1-16-7-6-11(18(15)17-9-14)13-8-10-4-2-3-5-12(10)19-13/h2-5,8-9,11,16H,6-7,15H2,1H3,(H2,14,17). The molecule has 0 fully saturated rings. The van der Waals surface area contributed by atoms with Crippen LogP contribution < -0.4 is 16.9 Å². The van der Waals surface area contributed by atoms with Crippen molar-refractivity contribution in [2.75, 3.05) is 13.6 Å². The molecule has 1 aromatic heterocycles. The number of fused-ring (bicyclic) bond motifs is 1. The van der Waals surface area contributed by atoms with Crippen molar-refractivity contribution in [3.63, 3.8) is 0 Å². The lowest BCUT2D eigenvalue weighted by Crippen LogP contribution is -2.32. The first-order chi connectivity index (χ1) is 9.26. The Morgan fingerprint density at radius 1 is 1.47 bits per heavy atom. The van der Waals surface area contributed by atoms with Gasteiger partial charge in [0.2, 0.25) is 0 Å². The minimum atomic E-state index is 0.0321. The molecular weight excluding hydrogens is 258 g/mol. The molecule has 0 saturated heterocycles. The Morgan fingerprint density at radius 3 is 2.95 bits per heavy atom. The minimum Gasteiger partial charge on any atom is -0.388 e. The van der Waals surface area contributed by atoms with Gasteiger partial charge in [-0.1, -0.05) is 18.2 Å². The van der Waals surface area contributed by atoms with E-state index in [0.29, 0.717) is 0 Å². The number of hydrogen-bond donors (Lipinski definition) is 3. The normalized spacial score (nSPS) is 13.2. The maximum atomic E-state index is 5.96. The van der Waals surface area contributed by atoms with Crippen LogP contribution in [-0.4, -0.2) is 25.0 Å². The quantitative estimate of drug-likeness (QED) is 0.324. The van der Waals surface area contributed by atoms with E-state index >= 15 is 0 Å². The van der Waals surface area contributed by atoms with Gasteiger partial charge < -0.3 is 11.1 Å². The summed E-state index contributed by atoms with van der Waals surface area (Å²) in [6.45, 7) is 0.868. The molecule has 0 aliphatic carbocycles. The van der Waals surface area contributed by atoms with Crippen LogP contribution in [-0.2, 0) is 0 Å². The van der Waals surface area contributed by atoms with Gasteiger partial charge >= 0.3 is 0 Å². The summed E-state index contributed by atoms with van der Waals surface area (Å²) >= 11 is 1.75. The summed E-state index contributed by atoms with van der Waals surface area (Å²) in [5.41, 5.74) is 5.32. The second kappa shape index (κ2) is 6.51. The van der Waals surface area contributed by atoms with Crippen molar-refractivity contribution in [1.82, 2.24) is 10.4 Å². The summed E-state index contributed by atoms with van der Waals surface area (Å²) in [6.07, 6.45) is 2.09. The van der Waals surface area contributed by atoms with Crippen LogP contribution in [0.1, 0.15) is 17.3 Å². The second-order valence-corrected chi connectivity index (χ2v) is 5.35. The van der Waals surface area contributed by atoms with E-state index in [-0.39, 0.29) is 6.04 Å². The van der Waals surface area contributed by atoms with Gasteiger partial charge in [-0.25, -0.2) is 11.0 Å². The van der Waals surface area contributed by atoms with Crippen LogP contribution in [0, 0.1) is 0 Å². The van der Waals surface area contributed by atoms with Crippen molar-refractivity contribution in [3.05, 3.63) is 35.2 Å². The van der Waals surface area contributed by atoms with E-state index in [4.69, 9.17) is 11.6 Å². The topological polar surface area (TPSA) is 79.7 Å². The van der Waals surface area contributed by atoms with Gasteiger partial charge in [0, 0.05) is 9.58 Å². The average Bonchev–Trinajstić information content (AvgIpc) is 2.83. The molecule has 6 heteroatoms. The van der Waals surface area contributed by atoms with Crippen LogP contribution in [0.5, 0.6) is 0 Å². The summed E-state index contributed by atoms with van der Waals surface area (Å²) in [5, 5.41) is 9.78. The van der Waals surface area contributed by atoms with E-state index in [2.05, 4.69) is 28.6 Å². The van der Waals surface area contributed by atoms with Crippen LogP contribution in [0.15, 0.2) is 35.4 Å². The Bertz CT molecular complexity index is 518. The number of hydrazine groups is 1. The van der Waals surface area contributed by atoms with Crippen molar-refractivity contribution in [2.45, 2.75) is 12.5 Å². The Kier molecular flexibility index (Phi) is 4.73. The van der Waals surface area contributed by atoms with E-state index < -0.39 is 0 Å². The summed E-state index contributed by atoms with van der Waals surface area (Å²) in [6, 6.07) is 10.5. The van der Waals surface area contributed by atoms with Crippen LogP contribution in [0.3, 0.4) is 0 Å². The van der Waals surface area contributed by atoms with Gasteiger partial charge in [-0.2, -0.15) is 5.10 Å². The number of nitrogens with one attached hydrogen (secondary N) is 1. The highest BCUT2D eigenvalue weighted by Crippen LogP contribution is 2.33. The SMILES string of the molecule is CNCCC(c1cc2ccccc2s1)N(N)/N=C\N. The monoisotopic (exact) mass is 277 g/mol. The van der Waals surface area contributed by atoms with Gasteiger partial charge in [0.05, 0.1) is 6.04 Å². The third-order valence-electron chi connectivity index (χ3n) is 2.96. The fourth-order valence-corrected chi connectivity index (χ4v) is 3.20. The van der Waals surface area contributed by atoms with Crippen molar-refractivity contribution in [2.24, 2.45) is 16.7 Å². The molecule has 0 aliphatic rings. The van der Waals surface area contributed by atoms with Crippen LogP contribution in [0.25, 0.3) is 10.1 Å². The number of nitrogens with zero attached hydrogens (tertiary/aromatic N) is 2. The maximum Gasteiger partial charge on any atom is 0.107 e. The number of rotatable bonds is 6. The number of hydrogen-bond acceptors (Lipinski definition) is 5. The molecule has 2 aromatic rings. The summed E-state index contributed by atoms with van der Waals surface area (Å²) in [7, 11) is 1.93. The molecule has 2 rings (SSSR count). The predicted octanol–water partition coefficient (Wildman–Crippen LogP) is 1.63. The van der Waals surface area contributed by atoms with Gasteiger partial charge in [-0.15, -0.1) is 11.3 Å². The van der Waals surface area contributed by atoms with Crippen molar-refractivity contribution < 1.29 is 0 Å². The highest BCUT2D eigenvalue weighted by Gasteiger charge is 2.18. The number of benzene rings is 1. The van der Waals surface area contributed by atoms with Gasteiger partial charge in [0.25, 0.3) is 0 Å². The third kappa shape index (κ3) is 3.23. The first-order valence-corrected chi connectivity index (χ1v) is 6.99. The Labute approximate surface area is 116 Å². The fraction of sp³-hybridized carbons (Fsp3) is 0.308. The molecule has 1 atom stereocenters. The zero-order valence-corrected chi connectivity index (χ0v) is 11.7. The molecule has 5 nitrogen and oxygen atoms in total. The predicted molar refractivity (Wildman–Crippen MR) is 81.8 cm³/mol. The average molecular weight is 277 g/mol. The zero-order chi connectivity index (χ0) is 13.7. The number of thiophene rings is 1. The van der Waals surface area contributed by atoms with Gasteiger partial charge in [0.1, 0.15) is 6.34 Å². The smallest absolute Gasteiger partial charge is 0.107 e. The highest BCUT2D eigenvalue weighted by molar-refractivity contribution is 7.19. The zero-order valence-electron chi connectivity index (χ0n) is 10.9. The molecule has 1 unspecified atom stereocenters. The first kappa shape index (κ1) is 13.8. The molecule has 0 aliphatic heterocycles. The van der Waals surface area contributed by atoms with Gasteiger partial charge in [-0.3, -0.25) is 0 Å². The fourth-order valence-electron chi connectivity index (χ4n) is 2.01. The van der Waals surface area contributed by atoms with Crippen molar-refractivity contribution in [3.8, 4) is 0 Å². The Balaban J connectivity index is 2.30. The van der Waals surface area contributed by atoms with E-state index in [9.17, 15) is 0 Å². The molecular formula is C13H19N5S. The van der Waals surface area contributed by atoms with E-state index in [0.717, 1.165) is 13.0 Å². The lowest BCUT2D eigenvalue weighted by atomic mass is 10.1. The van der Waals surface area contributed by atoms with E-state index in [1.807, 2.05) is 19.2 Å². The molecule has 0 spiro atoms. The van der Waals surface area contributed by atoms with Crippen molar-refractivity contribution in [1.29, 1.82) is 0 Å². The molecule has 0 bridgehead atoms. The molecule has 0 saturated carbocycles. The summed E-state index contributed by atoms with van der Waals surface area (Å²) in [4.78, 5) is 1.20. The summed E-state index contributed by atoms with van der Waals surface area (Å²) < 4.78 is 1.26. The van der Waals surface area contributed by atoms with E-state index in [1.165, 1.54) is 26.4 Å². The van der Waals surface area contributed by atoms with Crippen LogP contribution >= 0.6 is 11.3 Å². The molecule has 0 radical (unpaired) electrons. The minimum absolute atomic E-state index is 0.0321. The number of hydrazone groups is 1. The molecule has 1 aromatic carbocycles. The second-order valence-electron chi connectivity index (χ2n) is 4.24. The number of nitrogens with two attached hydrogens (primary N) is 2. The highest BCUT2D eigenvalue weighted by atomic mass is 32.1. The van der Waals surface area contributed by atoms with Gasteiger partial charge in [-0.05, 0) is 37.5 Å². The van der Waals surface area contributed by atoms with Crippen LogP contribution in [0.2, 0.25) is 0 Å². The molecule has 19 heavy (non-hydrogen) atoms.